The summed E-state index contributed by atoms with van der Waals surface area (Å²) in [7, 11) is 2.24. The van der Waals surface area contributed by atoms with E-state index in [4.69, 9.17) is 4.74 Å². The molecule has 0 N–H and O–H groups in total. The van der Waals surface area contributed by atoms with Crippen molar-refractivity contribution in [1.29, 1.82) is 0 Å². The van der Waals surface area contributed by atoms with Crippen LogP contribution in [-0.2, 0) is 4.74 Å². The molecule has 0 amide bonds. The fraction of sp³-hybridized carbons (Fsp3) is 0.875. The van der Waals surface area contributed by atoms with Gasteiger partial charge in [-0.3, -0.25) is 0 Å². The highest BCUT2D eigenvalue weighted by atomic mass is 16.6. The molecule has 0 aromatic carbocycles. The molecule has 2 nitrogen and oxygen atoms in total. The Balaban J connectivity index is 0.000000659. The fourth-order valence-electron chi connectivity index (χ4n) is 2.25. The number of hydrogen-bond acceptors (Lipinski definition) is 2. The Bertz CT molecular complexity index is 243. The highest BCUT2D eigenvalue weighted by molar-refractivity contribution is 5.15. The van der Waals surface area contributed by atoms with Crippen LogP contribution < -0.4 is 0 Å². The zero-order chi connectivity index (χ0) is 14.1. The summed E-state index contributed by atoms with van der Waals surface area (Å²) in [6.45, 7) is 14.7. The smallest absolute Gasteiger partial charge is 0.0936 e. The second kappa shape index (κ2) is 9.57. The molecule has 2 heteroatoms. The molecule has 2 rings (SSSR count). The molecule has 0 bridgehead atoms. The molecule has 2 atom stereocenters. The molecule has 0 radical (unpaired) electrons. The first-order chi connectivity index (χ1) is 8.66. The molecule has 0 aromatic heterocycles. The highest BCUT2D eigenvalue weighted by Crippen LogP contribution is 2.27. The molecular weight excluding hydrogens is 222 g/mol. The zero-order valence-electron chi connectivity index (χ0n) is 13.5. The first-order valence-corrected chi connectivity index (χ1v) is 7.64. The molecule has 1 aliphatic heterocycles. The first kappa shape index (κ1) is 17.7. The molecule has 108 valence electrons. The number of rotatable bonds is 3. The van der Waals surface area contributed by atoms with E-state index in [0.29, 0.717) is 6.10 Å². The topological polar surface area (TPSA) is 15.8 Å². The maximum atomic E-state index is 5.26. The van der Waals surface area contributed by atoms with Gasteiger partial charge in [-0.2, -0.15) is 0 Å². The minimum Gasteiger partial charge on any atom is -0.372 e. The molecule has 1 aliphatic carbocycles. The molecule has 2 aliphatic rings. The van der Waals surface area contributed by atoms with Crippen molar-refractivity contribution in [2.45, 2.75) is 73.0 Å². The average Bonchev–Trinajstić information content (AvgIpc) is 3.21. The summed E-state index contributed by atoms with van der Waals surface area (Å²) in [5, 5.41) is 0. The van der Waals surface area contributed by atoms with E-state index in [1.807, 2.05) is 27.7 Å². The van der Waals surface area contributed by atoms with Crippen LogP contribution in [0.1, 0.15) is 60.8 Å². The van der Waals surface area contributed by atoms with Gasteiger partial charge < -0.3 is 9.64 Å². The van der Waals surface area contributed by atoms with Gasteiger partial charge in [0.25, 0.3) is 0 Å². The maximum absolute atomic E-state index is 5.26. The third-order valence-corrected chi connectivity index (χ3v) is 3.64. The van der Waals surface area contributed by atoms with Gasteiger partial charge in [0.05, 0.1) is 12.7 Å². The van der Waals surface area contributed by atoms with Crippen molar-refractivity contribution >= 4 is 0 Å². The SMILES string of the molecule is CC.CC.CC1=C(C)CC(N(C)CC2CO2)CC1. The summed E-state index contributed by atoms with van der Waals surface area (Å²) in [6, 6.07) is 0.753. The average molecular weight is 255 g/mol. The van der Waals surface area contributed by atoms with E-state index in [-0.39, 0.29) is 0 Å². The number of allylic oxidation sites excluding steroid dienone is 1. The van der Waals surface area contributed by atoms with Crippen molar-refractivity contribution in [3.63, 3.8) is 0 Å². The van der Waals surface area contributed by atoms with E-state index in [0.717, 1.165) is 19.2 Å². The molecule has 1 heterocycles. The van der Waals surface area contributed by atoms with Gasteiger partial charge in [0.1, 0.15) is 0 Å². The van der Waals surface area contributed by atoms with Crippen LogP contribution in [0.3, 0.4) is 0 Å². The van der Waals surface area contributed by atoms with Gasteiger partial charge in [0, 0.05) is 12.6 Å². The lowest BCUT2D eigenvalue weighted by atomic mass is 9.89. The second-order valence-electron chi connectivity index (χ2n) is 4.85. The van der Waals surface area contributed by atoms with Gasteiger partial charge in [-0.1, -0.05) is 38.8 Å². The molecule has 2 unspecified atom stereocenters. The van der Waals surface area contributed by atoms with E-state index >= 15 is 0 Å². The van der Waals surface area contributed by atoms with Crippen LogP contribution in [0.25, 0.3) is 0 Å². The van der Waals surface area contributed by atoms with Gasteiger partial charge >= 0.3 is 0 Å². The zero-order valence-corrected chi connectivity index (χ0v) is 13.5. The Morgan fingerprint density at radius 1 is 1.11 bits per heavy atom. The van der Waals surface area contributed by atoms with Crippen LogP contribution in [0.2, 0.25) is 0 Å². The summed E-state index contributed by atoms with van der Waals surface area (Å²) in [5.74, 6) is 0. The van der Waals surface area contributed by atoms with Gasteiger partial charge in [0.2, 0.25) is 0 Å². The van der Waals surface area contributed by atoms with Gasteiger partial charge in [-0.15, -0.1) is 0 Å². The minimum absolute atomic E-state index is 0.535. The van der Waals surface area contributed by atoms with Gasteiger partial charge in [-0.05, 0) is 40.2 Å². The number of likely N-dealkylation sites (N-methyl/N-ethyl adjacent to an activating group) is 1. The quantitative estimate of drug-likeness (QED) is 0.553. The summed E-state index contributed by atoms with van der Waals surface area (Å²) < 4.78 is 5.26. The van der Waals surface area contributed by atoms with Crippen molar-refractivity contribution in [3.05, 3.63) is 11.1 Å². The number of hydrogen-bond donors (Lipinski definition) is 0. The second-order valence-corrected chi connectivity index (χ2v) is 4.85. The van der Waals surface area contributed by atoms with Crippen LogP contribution in [0.5, 0.6) is 0 Å². The van der Waals surface area contributed by atoms with Crippen LogP contribution in [-0.4, -0.2) is 37.2 Å². The fourth-order valence-corrected chi connectivity index (χ4v) is 2.25. The number of ether oxygens (including phenoxy) is 1. The standard InChI is InChI=1S/C12H21NO.2C2H6/c1-9-4-5-11(6-10(9)2)13(3)7-12-8-14-12;2*1-2/h11-12H,4-8H2,1-3H3;2*1-2H3. The van der Waals surface area contributed by atoms with Crippen LogP contribution in [0.15, 0.2) is 11.1 Å². The molecule has 18 heavy (non-hydrogen) atoms. The van der Waals surface area contributed by atoms with Crippen molar-refractivity contribution in [2.24, 2.45) is 0 Å². The Hall–Kier alpha value is -0.340. The molecule has 0 saturated carbocycles. The van der Waals surface area contributed by atoms with Gasteiger partial charge in [0.15, 0.2) is 0 Å². The Morgan fingerprint density at radius 3 is 2.11 bits per heavy atom. The maximum Gasteiger partial charge on any atom is 0.0936 e. The predicted octanol–water partition coefficient (Wildman–Crippen LogP) is 4.26. The lowest BCUT2D eigenvalue weighted by Gasteiger charge is -2.32. The monoisotopic (exact) mass is 255 g/mol. The highest BCUT2D eigenvalue weighted by Gasteiger charge is 2.28. The lowest BCUT2D eigenvalue weighted by molar-refractivity contribution is 0.201. The van der Waals surface area contributed by atoms with Crippen LogP contribution in [0, 0.1) is 0 Å². The molecule has 0 aromatic rings. The number of nitrogens with zero attached hydrogens (tertiary/aromatic N) is 1. The third kappa shape index (κ3) is 6.01. The lowest BCUT2D eigenvalue weighted by Crippen LogP contribution is -2.36. The number of epoxide rings is 1. The molecule has 1 saturated heterocycles. The van der Waals surface area contributed by atoms with E-state index in [9.17, 15) is 0 Å². The predicted molar refractivity (Wildman–Crippen MR) is 81.1 cm³/mol. The molecule has 0 spiro atoms. The van der Waals surface area contributed by atoms with Crippen molar-refractivity contribution < 1.29 is 4.74 Å². The van der Waals surface area contributed by atoms with Crippen LogP contribution in [0.4, 0.5) is 0 Å². The van der Waals surface area contributed by atoms with E-state index in [1.54, 1.807) is 11.1 Å². The third-order valence-electron chi connectivity index (χ3n) is 3.64. The minimum atomic E-state index is 0.535. The van der Waals surface area contributed by atoms with E-state index < -0.39 is 0 Å². The normalized spacial score (nSPS) is 26.0. The Labute approximate surface area is 114 Å². The van der Waals surface area contributed by atoms with E-state index in [1.165, 1.54) is 19.3 Å². The molecular formula is C16H33NO. The van der Waals surface area contributed by atoms with Crippen molar-refractivity contribution in [3.8, 4) is 0 Å². The Morgan fingerprint density at radius 2 is 1.67 bits per heavy atom. The van der Waals surface area contributed by atoms with Crippen molar-refractivity contribution in [2.75, 3.05) is 20.2 Å². The summed E-state index contributed by atoms with van der Waals surface area (Å²) >= 11 is 0. The molecule has 1 fully saturated rings. The first-order valence-electron chi connectivity index (χ1n) is 7.64. The van der Waals surface area contributed by atoms with Gasteiger partial charge in [-0.25, -0.2) is 0 Å². The summed E-state index contributed by atoms with van der Waals surface area (Å²) in [5.41, 5.74) is 3.21. The van der Waals surface area contributed by atoms with Crippen molar-refractivity contribution in [1.82, 2.24) is 4.90 Å². The van der Waals surface area contributed by atoms with Crippen LogP contribution >= 0.6 is 0 Å². The Kier molecular flexibility index (Phi) is 9.39. The van der Waals surface area contributed by atoms with E-state index in [2.05, 4.69) is 25.8 Å². The summed E-state index contributed by atoms with van der Waals surface area (Å²) in [6.07, 6.45) is 4.40. The summed E-state index contributed by atoms with van der Waals surface area (Å²) in [4.78, 5) is 2.48. The largest absolute Gasteiger partial charge is 0.372 e.